The first-order chi connectivity index (χ1) is 19.3. The standard InChI is InChI=1S/C12H18O3.C9H14O2.C8H12O2.C3H7NO2.ClH/c1-12(2)7-9(6-10(13)8-12)4-5-11(14)15-3;1-9(2)5-7(10)4-8(6-9)11-3;1-8(2)4-6(9)3-7(10)5-8;1-6-3(5)2-4;/h6H,4-5,7-8H2,1-3H3;4H,5-6H2,1-3H3;3-5H2,1-2H3;2,4H2,1H3;1H. The van der Waals surface area contributed by atoms with Gasteiger partial charge in [0.25, 0.3) is 0 Å². The van der Waals surface area contributed by atoms with Gasteiger partial charge in [0.05, 0.1) is 40.1 Å². The fraction of sp³-hybridized carbons (Fsp3) is 0.688. The molecule has 0 aromatic heterocycles. The predicted molar refractivity (Wildman–Crippen MR) is 166 cm³/mol. The van der Waals surface area contributed by atoms with E-state index < -0.39 is 0 Å². The Balaban J connectivity index is 0. The van der Waals surface area contributed by atoms with Crippen LogP contribution in [0.2, 0.25) is 0 Å². The second-order valence-electron chi connectivity index (χ2n) is 13.2. The molecule has 0 bridgehead atoms. The van der Waals surface area contributed by atoms with Gasteiger partial charge in [0, 0.05) is 44.6 Å². The molecule has 11 heteroatoms. The highest BCUT2D eigenvalue weighted by Gasteiger charge is 2.31. The Hall–Kier alpha value is -2.85. The van der Waals surface area contributed by atoms with Gasteiger partial charge in [-0.15, -0.1) is 12.4 Å². The number of allylic oxidation sites excluding steroid dienone is 4. The summed E-state index contributed by atoms with van der Waals surface area (Å²) in [6, 6.07) is 0. The van der Waals surface area contributed by atoms with Crippen molar-refractivity contribution in [3.8, 4) is 0 Å². The van der Waals surface area contributed by atoms with Gasteiger partial charge in [-0.2, -0.15) is 0 Å². The van der Waals surface area contributed by atoms with Gasteiger partial charge in [-0.3, -0.25) is 28.8 Å². The normalized spacial score (nSPS) is 19.6. The molecular weight excluding hydrogens is 578 g/mol. The Morgan fingerprint density at radius 3 is 1.49 bits per heavy atom. The number of carbonyl (C=O) groups is 6. The summed E-state index contributed by atoms with van der Waals surface area (Å²) >= 11 is 0. The maximum absolute atomic E-state index is 11.4. The van der Waals surface area contributed by atoms with Crippen molar-refractivity contribution < 1.29 is 43.0 Å². The third-order valence-electron chi connectivity index (χ3n) is 6.63. The number of ketones is 4. The summed E-state index contributed by atoms with van der Waals surface area (Å²) in [6.45, 7) is 12.2. The van der Waals surface area contributed by atoms with E-state index in [0.29, 0.717) is 38.5 Å². The highest BCUT2D eigenvalue weighted by Crippen LogP contribution is 2.35. The average Bonchev–Trinajstić information content (AvgIpc) is 2.84. The molecule has 3 aliphatic rings. The maximum atomic E-state index is 11.4. The van der Waals surface area contributed by atoms with E-state index in [4.69, 9.17) is 10.5 Å². The lowest BCUT2D eigenvalue weighted by Gasteiger charge is -2.28. The fourth-order valence-corrected chi connectivity index (χ4v) is 4.98. The molecule has 0 spiro atoms. The number of esters is 2. The van der Waals surface area contributed by atoms with Gasteiger partial charge >= 0.3 is 11.9 Å². The molecule has 2 N–H and O–H groups in total. The van der Waals surface area contributed by atoms with Crippen LogP contribution in [0.25, 0.3) is 0 Å². The van der Waals surface area contributed by atoms with Crippen molar-refractivity contribution in [2.75, 3.05) is 27.9 Å². The minimum Gasteiger partial charge on any atom is -0.501 e. The summed E-state index contributed by atoms with van der Waals surface area (Å²) in [5, 5.41) is 0. The van der Waals surface area contributed by atoms with Crippen LogP contribution in [0.3, 0.4) is 0 Å². The monoisotopic (exact) mass is 629 g/mol. The molecule has 43 heavy (non-hydrogen) atoms. The Labute approximate surface area is 262 Å². The molecule has 0 radical (unpaired) electrons. The van der Waals surface area contributed by atoms with Gasteiger partial charge in [0.1, 0.15) is 11.6 Å². The predicted octanol–water partition coefficient (Wildman–Crippen LogP) is 5.04. The van der Waals surface area contributed by atoms with Gasteiger partial charge < -0.3 is 19.9 Å². The largest absolute Gasteiger partial charge is 0.501 e. The van der Waals surface area contributed by atoms with Crippen LogP contribution in [0, 0.1) is 16.2 Å². The maximum Gasteiger partial charge on any atom is 0.319 e. The van der Waals surface area contributed by atoms with Crippen molar-refractivity contribution in [3.05, 3.63) is 23.5 Å². The Bertz CT molecular complexity index is 1030. The zero-order chi connectivity index (χ0) is 32.7. The van der Waals surface area contributed by atoms with Gasteiger partial charge in [-0.05, 0) is 35.2 Å². The molecule has 1 fully saturated rings. The molecule has 0 saturated heterocycles. The molecule has 3 aliphatic carbocycles. The summed E-state index contributed by atoms with van der Waals surface area (Å²) < 4.78 is 13.7. The summed E-state index contributed by atoms with van der Waals surface area (Å²) in [6.07, 6.45) is 8.62. The second-order valence-corrected chi connectivity index (χ2v) is 13.2. The van der Waals surface area contributed by atoms with E-state index >= 15 is 0 Å². The summed E-state index contributed by atoms with van der Waals surface area (Å²) in [5.41, 5.74) is 5.92. The van der Waals surface area contributed by atoms with E-state index in [-0.39, 0.29) is 76.7 Å². The fourth-order valence-electron chi connectivity index (χ4n) is 4.98. The highest BCUT2D eigenvalue weighted by molar-refractivity contribution is 6.02. The first-order valence-corrected chi connectivity index (χ1v) is 14.1. The van der Waals surface area contributed by atoms with Crippen LogP contribution in [0.5, 0.6) is 0 Å². The van der Waals surface area contributed by atoms with Crippen molar-refractivity contribution in [1.82, 2.24) is 0 Å². The number of rotatable bonds is 5. The number of hydrogen-bond donors (Lipinski definition) is 1. The van der Waals surface area contributed by atoms with E-state index in [2.05, 4.69) is 37.2 Å². The average molecular weight is 630 g/mol. The van der Waals surface area contributed by atoms with Crippen molar-refractivity contribution in [2.45, 2.75) is 99.3 Å². The zero-order valence-electron chi connectivity index (χ0n) is 27.4. The highest BCUT2D eigenvalue weighted by atomic mass is 35.5. The van der Waals surface area contributed by atoms with Crippen molar-refractivity contribution in [3.63, 3.8) is 0 Å². The lowest BCUT2D eigenvalue weighted by atomic mass is 9.76. The third-order valence-corrected chi connectivity index (χ3v) is 6.63. The van der Waals surface area contributed by atoms with Crippen LogP contribution in [0.15, 0.2) is 23.5 Å². The van der Waals surface area contributed by atoms with Crippen molar-refractivity contribution >= 4 is 47.5 Å². The molecule has 0 amide bonds. The number of ether oxygens (including phenoxy) is 3. The minimum atomic E-state index is -0.380. The van der Waals surface area contributed by atoms with Crippen LogP contribution < -0.4 is 5.73 Å². The quantitative estimate of drug-likeness (QED) is 0.323. The van der Waals surface area contributed by atoms with Crippen molar-refractivity contribution in [1.29, 1.82) is 0 Å². The van der Waals surface area contributed by atoms with E-state index in [1.807, 2.05) is 13.8 Å². The smallest absolute Gasteiger partial charge is 0.319 e. The second kappa shape index (κ2) is 19.4. The van der Waals surface area contributed by atoms with E-state index in [1.54, 1.807) is 19.3 Å². The summed E-state index contributed by atoms with van der Waals surface area (Å²) in [7, 11) is 4.29. The number of methoxy groups -OCH3 is 3. The molecule has 0 aromatic rings. The van der Waals surface area contributed by atoms with Crippen LogP contribution >= 0.6 is 12.4 Å². The first kappa shape index (κ1) is 42.3. The third kappa shape index (κ3) is 19.9. The van der Waals surface area contributed by atoms with Gasteiger partial charge in [-0.25, -0.2) is 0 Å². The Morgan fingerprint density at radius 1 is 0.698 bits per heavy atom. The van der Waals surface area contributed by atoms with Gasteiger partial charge in [0.2, 0.25) is 0 Å². The molecule has 0 aliphatic heterocycles. The number of carbonyl (C=O) groups excluding carboxylic acids is 6. The van der Waals surface area contributed by atoms with E-state index in [9.17, 15) is 28.8 Å². The molecule has 0 unspecified atom stereocenters. The van der Waals surface area contributed by atoms with Gasteiger partial charge in [0.15, 0.2) is 11.6 Å². The van der Waals surface area contributed by atoms with Crippen LogP contribution in [-0.2, 0) is 43.0 Å². The summed E-state index contributed by atoms with van der Waals surface area (Å²) in [4.78, 5) is 65.0. The Kier molecular flexibility index (Phi) is 19.1. The van der Waals surface area contributed by atoms with Crippen LogP contribution in [0.1, 0.15) is 99.3 Å². The lowest BCUT2D eigenvalue weighted by molar-refractivity contribution is -0.141. The molecule has 0 atom stereocenters. The SMILES string of the molecule is CC1(C)CC(=O)CC(=O)C1.COC(=O)CCC1=CC(=O)CC(C)(C)C1.COC(=O)CN.COC1=CC(=O)CC(C)(C)C1.Cl. The van der Waals surface area contributed by atoms with Crippen LogP contribution in [0.4, 0.5) is 0 Å². The molecular formula is C32H52ClNO9. The lowest BCUT2D eigenvalue weighted by Crippen LogP contribution is -2.28. The Morgan fingerprint density at radius 2 is 1.14 bits per heavy atom. The van der Waals surface area contributed by atoms with Gasteiger partial charge in [-0.1, -0.05) is 47.1 Å². The molecule has 3 rings (SSSR count). The number of Topliss-reactive ketones (excluding diaryl/α,β-unsaturated/α-hetero) is 2. The first-order valence-electron chi connectivity index (χ1n) is 14.1. The molecule has 0 heterocycles. The zero-order valence-corrected chi connectivity index (χ0v) is 28.2. The summed E-state index contributed by atoms with van der Waals surface area (Å²) in [5.74, 6) is 0.764. The molecule has 10 nitrogen and oxygen atoms in total. The van der Waals surface area contributed by atoms with E-state index in [0.717, 1.165) is 24.2 Å². The number of nitrogens with two attached hydrogens (primary N) is 1. The van der Waals surface area contributed by atoms with Crippen LogP contribution in [-0.4, -0.2) is 62.9 Å². The van der Waals surface area contributed by atoms with Crippen molar-refractivity contribution in [2.24, 2.45) is 22.0 Å². The molecule has 246 valence electrons. The molecule has 1 saturated carbocycles. The number of halogens is 1. The number of hydrogen-bond acceptors (Lipinski definition) is 10. The molecule has 0 aromatic carbocycles. The van der Waals surface area contributed by atoms with E-state index in [1.165, 1.54) is 14.2 Å². The topological polar surface area (TPSA) is 156 Å². The minimum absolute atomic E-state index is 0.